The lowest BCUT2D eigenvalue weighted by molar-refractivity contribution is 0.102. The SMILES string of the molecule is Cc1cc(OC2CCCCC2)cc(C(=O)Nc2ccc(F)cn2)n1. The monoisotopic (exact) mass is 329 g/mol. The van der Waals surface area contributed by atoms with Crippen LogP contribution in [-0.4, -0.2) is 22.0 Å². The van der Waals surface area contributed by atoms with Crippen molar-refractivity contribution in [2.24, 2.45) is 0 Å². The number of amides is 1. The van der Waals surface area contributed by atoms with Crippen LogP contribution in [0.1, 0.15) is 48.3 Å². The Labute approximate surface area is 140 Å². The second kappa shape index (κ2) is 7.38. The third-order valence-corrected chi connectivity index (χ3v) is 3.98. The molecule has 1 aliphatic carbocycles. The van der Waals surface area contributed by atoms with E-state index < -0.39 is 11.7 Å². The minimum atomic E-state index is -0.454. The van der Waals surface area contributed by atoms with Gasteiger partial charge in [0.25, 0.3) is 5.91 Å². The maximum Gasteiger partial charge on any atom is 0.275 e. The normalized spacial score (nSPS) is 15.1. The molecule has 0 spiro atoms. The number of nitrogens with one attached hydrogen (secondary N) is 1. The summed E-state index contributed by atoms with van der Waals surface area (Å²) in [6, 6.07) is 6.12. The highest BCUT2D eigenvalue weighted by atomic mass is 19.1. The maximum atomic E-state index is 12.9. The van der Waals surface area contributed by atoms with Gasteiger partial charge in [-0.3, -0.25) is 4.79 Å². The zero-order valence-corrected chi connectivity index (χ0v) is 13.6. The van der Waals surface area contributed by atoms with Gasteiger partial charge in [-0.05, 0) is 44.7 Å². The van der Waals surface area contributed by atoms with Crippen molar-refractivity contribution in [3.8, 4) is 5.75 Å². The Kier molecular flexibility index (Phi) is 5.03. The molecule has 0 aliphatic heterocycles. The number of nitrogens with zero attached hydrogens (tertiary/aromatic N) is 2. The minimum absolute atomic E-state index is 0.204. The zero-order chi connectivity index (χ0) is 16.9. The van der Waals surface area contributed by atoms with E-state index in [0.717, 1.165) is 19.0 Å². The van der Waals surface area contributed by atoms with Crippen LogP contribution < -0.4 is 10.1 Å². The van der Waals surface area contributed by atoms with Crippen LogP contribution in [0.2, 0.25) is 0 Å². The number of aromatic nitrogens is 2. The van der Waals surface area contributed by atoms with Gasteiger partial charge in [0.2, 0.25) is 0 Å². The van der Waals surface area contributed by atoms with Gasteiger partial charge in [-0.2, -0.15) is 0 Å². The number of carbonyl (C=O) groups is 1. The van der Waals surface area contributed by atoms with Crippen LogP contribution in [0.25, 0.3) is 0 Å². The summed E-state index contributed by atoms with van der Waals surface area (Å²) >= 11 is 0. The second-order valence-corrected chi connectivity index (χ2v) is 6.02. The van der Waals surface area contributed by atoms with E-state index >= 15 is 0 Å². The molecular formula is C18H20FN3O2. The summed E-state index contributed by atoms with van der Waals surface area (Å²) < 4.78 is 18.9. The molecule has 1 fully saturated rings. The van der Waals surface area contributed by atoms with Gasteiger partial charge in [-0.15, -0.1) is 0 Å². The number of hydrogen-bond donors (Lipinski definition) is 1. The van der Waals surface area contributed by atoms with E-state index in [9.17, 15) is 9.18 Å². The molecule has 1 amide bonds. The summed E-state index contributed by atoms with van der Waals surface area (Å²) in [4.78, 5) is 20.4. The molecule has 5 nitrogen and oxygen atoms in total. The lowest BCUT2D eigenvalue weighted by atomic mass is 9.98. The highest BCUT2D eigenvalue weighted by molar-refractivity contribution is 6.02. The highest BCUT2D eigenvalue weighted by Gasteiger charge is 2.17. The first kappa shape index (κ1) is 16.4. The molecule has 0 unspecified atom stereocenters. The van der Waals surface area contributed by atoms with Crippen molar-refractivity contribution in [3.63, 3.8) is 0 Å². The molecule has 6 heteroatoms. The first-order valence-corrected chi connectivity index (χ1v) is 8.18. The van der Waals surface area contributed by atoms with Crippen LogP contribution in [0.5, 0.6) is 5.75 Å². The quantitative estimate of drug-likeness (QED) is 0.924. The van der Waals surface area contributed by atoms with Crippen LogP contribution in [0.4, 0.5) is 10.2 Å². The lowest BCUT2D eigenvalue weighted by Crippen LogP contribution is -2.20. The molecule has 3 rings (SSSR count). The fraction of sp³-hybridized carbons (Fsp3) is 0.389. The first-order chi connectivity index (χ1) is 11.6. The van der Waals surface area contributed by atoms with Crippen molar-refractivity contribution in [2.45, 2.75) is 45.1 Å². The Balaban J connectivity index is 1.72. The first-order valence-electron chi connectivity index (χ1n) is 8.18. The highest BCUT2D eigenvalue weighted by Crippen LogP contribution is 2.24. The molecule has 0 radical (unpaired) electrons. The second-order valence-electron chi connectivity index (χ2n) is 6.02. The van der Waals surface area contributed by atoms with Gasteiger partial charge in [0, 0.05) is 17.8 Å². The maximum absolute atomic E-state index is 12.9. The molecule has 2 heterocycles. The van der Waals surface area contributed by atoms with Crippen LogP contribution in [0.15, 0.2) is 30.5 Å². The van der Waals surface area contributed by atoms with Crippen LogP contribution in [-0.2, 0) is 0 Å². The average molecular weight is 329 g/mol. The number of carbonyl (C=O) groups excluding carboxylic acids is 1. The van der Waals surface area contributed by atoms with Gasteiger partial charge < -0.3 is 10.1 Å². The molecule has 0 atom stereocenters. The van der Waals surface area contributed by atoms with E-state index in [0.29, 0.717) is 11.4 Å². The van der Waals surface area contributed by atoms with E-state index in [4.69, 9.17) is 4.74 Å². The van der Waals surface area contributed by atoms with Crippen molar-refractivity contribution in [1.29, 1.82) is 0 Å². The van der Waals surface area contributed by atoms with Gasteiger partial charge in [-0.1, -0.05) is 6.42 Å². The predicted molar refractivity (Wildman–Crippen MR) is 88.6 cm³/mol. The van der Waals surface area contributed by atoms with Crippen LogP contribution in [0.3, 0.4) is 0 Å². The Morgan fingerprint density at radius 3 is 2.75 bits per heavy atom. The number of ether oxygens (including phenoxy) is 1. The smallest absolute Gasteiger partial charge is 0.275 e. The van der Waals surface area contributed by atoms with Crippen molar-refractivity contribution in [3.05, 3.63) is 47.7 Å². The van der Waals surface area contributed by atoms with Crippen molar-refractivity contribution in [1.82, 2.24) is 9.97 Å². The molecule has 2 aromatic heterocycles. The summed E-state index contributed by atoms with van der Waals surface area (Å²) in [5.74, 6) is 0.0854. The minimum Gasteiger partial charge on any atom is -0.490 e. The average Bonchev–Trinajstić information content (AvgIpc) is 2.57. The molecular weight excluding hydrogens is 309 g/mol. The Morgan fingerprint density at radius 1 is 1.25 bits per heavy atom. The Bertz CT molecular complexity index is 713. The van der Waals surface area contributed by atoms with Crippen molar-refractivity contribution in [2.75, 3.05) is 5.32 Å². The number of anilines is 1. The summed E-state index contributed by atoms with van der Waals surface area (Å²) in [7, 11) is 0. The molecule has 24 heavy (non-hydrogen) atoms. The molecule has 1 N–H and O–H groups in total. The van der Waals surface area contributed by atoms with Gasteiger partial charge in [0.15, 0.2) is 0 Å². The van der Waals surface area contributed by atoms with Gasteiger partial charge in [0.1, 0.15) is 23.1 Å². The van der Waals surface area contributed by atoms with Gasteiger partial charge >= 0.3 is 0 Å². The summed E-state index contributed by atoms with van der Waals surface area (Å²) in [5.41, 5.74) is 0.965. The molecule has 1 saturated carbocycles. The number of rotatable bonds is 4. The van der Waals surface area contributed by atoms with E-state index in [1.54, 1.807) is 6.07 Å². The van der Waals surface area contributed by atoms with E-state index in [2.05, 4.69) is 15.3 Å². The van der Waals surface area contributed by atoms with Crippen molar-refractivity contribution < 1.29 is 13.9 Å². The Hall–Kier alpha value is -2.50. The Morgan fingerprint density at radius 2 is 2.04 bits per heavy atom. The topological polar surface area (TPSA) is 64.1 Å². The van der Waals surface area contributed by atoms with Gasteiger partial charge in [0.05, 0.1) is 12.3 Å². The largest absolute Gasteiger partial charge is 0.490 e. The van der Waals surface area contributed by atoms with E-state index in [-0.39, 0.29) is 17.6 Å². The number of pyridine rings is 2. The molecule has 0 aromatic carbocycles. The zero-order valence-electron chi connectivity index (χ0n) is 13.6. The lowest BCUT2D eigenvalue weighted by Gasteiger charge is -2.23. The molecule has 1 aliphatic rings. The van der Waals surface area contributed by atoms with Crippen LogP contribution >= 0.6 is 0 Å². The summed E-state index contributed by atoms with van der Waals surface area (Å²) in [5, 5.41) is 2.61. The number of aryl methyl sites for hydroxylation is 1. The summed E-state index contributed by atoms with van der Waals surface area (Å²) in [6.07, 6.45) is 6.96. The van der Waals surface area contributed by atoms with Crippen molar-refractivity contribution >= 4 is 11.7 Å². The third kappa shape index (κ3) is 4.28. The van der Waals surface area contributed by atoms with E-state index in [1.165, 1.54) is 31.4 Å². The molecule has 2 aromatic rings. The molecule has 0 bridgehead atoms. The standard InChI is InChI=1S/C18H20FN3O2/c1-12-9-15(24-14-5-3-2-4-6-14)10-16(21-12)18(23)22-17-8-7-13(19)11-20-17/h7-11,14H,2-6H2,1H3,(H,20,22,23). The molecule has 0 saturated heterocycles. The van der Waals surface area contributed by atoms with Gasteiger partial charge in [-0.25, -0.2) is 14.4 Å². The number of halogens is 1. The fourth-order valence-corrected chi connectivity index (χ4v) is 2.83. The van der Waals surface area contributed by atoms with E-state index in [1.807, 2.05) is 13.0 Å². The van der Waals surface area contributed by atoms with Crippen LogP contribution in [0, 0.1) is 12.7 Å². The molecule has 126 valence electrons. The third-order valence-electron chi connectivity index (χ3n) is 3.98. The summed E-state index contributed by atoms with van der Waals surface area (Å²) in [6.45, 7) is 1.82. The number of hydrogen-bond acceptors (Lipinski definition) is 4. The fourth-order valence-electron chi connectivity index (χ4n) is 2.83. The predicted octanol–water partition coefficient (Wildman–Crippen LogP) is 3.89.